The molecule has 5 amide bonds. The lowest BCUT2D eigenvalue weighted by atomic mass is 10.1. The van der Waals surface area contributed by atoms with Crippen LogP contribution in [-0.2, 0) is 64.3 Å². The second-order valence-corrected chi connectivity index (χ2v) is 24.3. The van der Waals surface area contributed by atoms with E-state index in [-0.39, 0.29) is 92.3 Å². The number of nitrogens with two attached hydrogens (primary N) is 1. The van der Waals surface area contributed by atoms with Crippen LogP contribution in [0.4, 0.5) is 10.6 Å². The number of sulfonamides is 1. The van der Waals surface area contributed by atoms with Gasteiger partial charge in [-0.05, 0) is 155 Å². The number of fused-ring (bicyclic) bond motifs is 1. The number of rotatable bonds is 29. The van der Waals surface area contributed by atoms with Crippen molar-refractivity contribution in [2.45, 2.75) is 167 Å². The summed E-state index contributed by atoms with van der Waals surface area (Å²) in [6.45, 7) is 19.0. The van der Waals surface area contributed by atoms with E-state index >= 15 is 0 Å². The molecule has 0 saturated heterocycles. The van der Waals surface area contributed by atoms with Gasteiger partial charge in [-0.15, -0.1) is 0 Å². The number of ether oxygens (including phenoxy) is 5. The van der Waals surface area contributed by atoms with Crippen LogP contribution in [-0.4, -0.2) is 146 Å². The number of anilines is 1. The van der Waals surface area contributed by atoms with Gasteiger partial charge in [0.15, 0.2) is 0 Å². The molecule has 3 atom stereocenters. The van der Waals surface area contributed by atoms with E-state index in [0.717, 1.165) is 12.6 Å². The first-order chi connectivity index (χ1) is 38.7. The SMILES string of the molecule is COC(=O)[C@H](CNC(=O)c1ccc2c(cnn2CCCN(C(=O)OC(C)(C)C)c2ccccn2)c1)NS(=O)(=O)c1c(C)cc(OCCCC(=O)NCCNC(=O)C(CCC(=O)OC(C)(C)C)NC(=O)[C@@H](N)CCC(=O)OC(C)(C)C)cc1C. The van der Waals surface area contributed by atoms with Crippen LogP contribution in [0.3, 0.4) is 0 Å². The molecule has 4 rings (SSSR count). The van der Waals surface area contributed by atoms with E-state index in [2.05, 4.69) is 36.1 Å². The molecule has 2 aromatic carbocycles. The Balaban J connectivity index is 1.26. The minimum absolute atomic E-state index is 0.0227. The second kappa shape index (κ2) is 30.5. The Kier molecular flexibility index (Phi) is 25.0. The molecule has 2 heterocycles. The minimum Gasteiger partial charge on any atom is -0.494 e. The van der Waals surface area contributed by atoms with Crippen molar-refractivity contribution in [1.82, 2.24) is 40.8 Å². The van der Waals surface area contributed by atoms with Crippen molar-refractivity contribution in [2.24, 2.45) is 5.73 Å². The van der Waals surface area contributed by atoms with Gasteiger partial charge in [0.05, 0.1) is 36.4 Å². The number of benzene rings is 2. The predicted octanol–water partition coefficient (Wildman–Crippen LogP) is 4.58. The van der Waals surface area contributed by atoms with Gasteiger partial charge in [-0.2, -0.15) is 9.82 Å². The first-order valence-corrected chi connectivity index (χ1v) is 28.8. The number of aryl methyl sites for hydroxylation is 3. The molecule has 0 saturated carbocycles. The molecule has 83 heavy (non-hydrogen) atoms. The lowest BCUT2D eigenvalue weighted by molar-refractivity contribution is -0.156. The zero-order chi connectivity index (χ0) is 61.9. The summed E-state index contributed by atoms with van der Waals surface area (Å²) in [4.78, 5) is 109. The Morgan fingerprint density at radius 1 is 0.735 bits per heavy atom. The van der Waals surface area contributed by atoms with Gasteiger partial charge in [0.1, 0.15) is 40.5 Å². The molecule has 26 heteroatoms. The largest absolute Gasteiger partial charge is 0.494 e. The topological polar surface area (TPSA) is 337 Å². The van der Waals surface area contributed by atoms with Crippen molar-refractivity contribution in [3.63, 3.8) is 0 Å². The zero-order valence-electron chi connectivity index (χ0n) is 49.6. The number of amides is 5. The van der Waals surface area contributed by atoms with Crippen LogP contribution >= 0.6 is 0 Å². The normalized spacial score (nSPS) is 12.9. The molecular formula is C57H82N10O15S. The van der Waals surface area contributed by atoms with Gasteiger partial charge >= 0.3 is 24.0 Å². The number of aromatic nitrogens is 3. The molecule has 0 aliphatic heterocycles. The highest BCUT2D eigenvalue weighted by Crippen LogP contribution is 2.27. The molecular weight excluding hydrogens is 1100 g/mol. The first-order valence-electron chi connectivity index (χ1n) is 27.3. The summed E-state index contributed by atoms with van der Waals surface area (Å²) in [5, 5.41) is 15.6. The van der Waals surface area contributed by atoms with Gasteiger partial charge in [0.2, 0.25) is 27.7 Å². The summed E-state index contributed by atoms with van der Waals surface area (Å²) in [7, 11) is -3.31. The number of hydrogen-bond acceptors (Lipinski definition) is 18. The smallest absolute Gasteiger partial charge is 0.416 e. The summed E-state index contributed by atoms with van der Waals surface area (Å²) in [5.41, 5.74) is 5.34. The van der Waals surface area contributed by atoms with E-state index in [1.807, 2.05) is 0 Å². The minimum atomic E-state index is -4.40. The van der Waals surface area contributed by atoms with Gasteiger partial charge in [-0.3, -0.25) is 43.1 Å². The molecule has 0 fully saturated rings. The van der Waals surface area contributed by atoms with Crippen LogP contribution < -0.4 is 41.4 Å². The number of nitrogens with zero attached hydrogens (tertiary/aromatic N) is 4. The van der Waals surface area contributed by atoms with Crippen LogP contribution in [0.5, 0.6) is 5.75 Å². The maximum atomic E-state index is 13.9. The second-order valence-electron chi connectivity index (χ2n) is 22.6. The molecule has 0 aliphatic carbocycles. The van der Waals surface area contributed by atoms with Crippen LogP contribution in [0.1, 0.15) is 129 Å². The average Bonchev–Trinajstić information content (AvgIpc) is 3.82. The highest BCUT2D eigenvalue weighted by Gasteiger charge is 2.31. The Labute approximate surface area is 485 Å². The van der Waals surface area contributed by atoms with E-state index in [0.29, 0.717) is 29.9 Å². The van der Waals surface area contributed by atoms with Gasteiger partial charge in [-0.1, -0.05) is 6.07 Å². The van der Waals surface area contributed by atoms with Crippen LogP contribution in [0.25, 0.3) is 10.9 Å². The molecule has 1 unspecified atom stereocenters. The lowest BCUT2D eigenvalue weighted by Crippen LogP contribution is -2.52. The fourth-order valence-electron chi connectivity index (χ4n) is 8.21. The average molecular weight is 1180 g/mol. The van der Waals surface area contributed by atoms with Crippen molar-refractivity contribution in [3.8, 4) is 5.75 Å². The monoisotopic (exact) mass is 1180 g/mol. The maximum absolute atomic E-state index is 13.9. The summed E-state index contributed by atoms with van der Waals surface area (Å²) < 4.78 is 58.8. The first kappa shape index (κ1) is 67.8. The van der Waals surface area contributed by atoms with Crippen LogP contribution in [0, 0.1) is 13.8 Å². The van der Waals surface area contributed by atoms with E-state index in [1.54, 1.807) is 130 Å². The Bertz CT molecular complexity index is 3000. The number of esters is 3. The molecule has 0 spiro atoms. The third-order valence-corrected chi connectivity index (χ3v) is 13.6. The Hall–Kier alpha value is -7.71. The van der Waals surface area contributed by atoms with Crippen molar-refractivity contribution < 1.29 is 70.5 Å². The predicted molar refractivity (Wildman–Crippen MR) is 307 cm³/mol. The van der Waals surface area contributed by atoms with E-state index < -0.39 is 93.2 Å². The highest BCUT2D eigenvalue weighted by atomic mass is 32.2. The van der Waals surface area contributed by atoms with Gasteiger partial charge in [0, 0.05) is 69.1 Å². The molecule has 456 valence electrons. The van der Waals surface area contributed by atoms with E-state index in [9.17, 15) is 46.8 Å². The fraction of sp³-hybridized carbons (Fsp3) is 0.544. The van der Waals surface area contributed by atoms with E-state index in [1.165, 1.54) is 17.0 Å². The molecule has 25 nitrogen and oxygen atoms in total. The standard InChI is InChI=1S/C57H82N10O15S/c1-36-31-40(79-30-15-18-46(68)60-26-27-61-52(73)42(21-24-48(70)81-56(6,7)8)64-51(72)41(58)20-23-47(69)80-55(3,4)5)32-37(2)49(36)83(76,77)65-43(53(74)78-12)35-62-50(71)38-19-22-44-39(33-38)34-63-67(44)29-16-28-66(45-17-13-14-25-59-45)54(75)82-57(9,10)11/h13-14,17,19,22,25,31-34,41-43,65H,15-16,18,20-21,23-24,26-30,35,58H2,1-12H3,(H,60,68)(H,61,73)(H,62,71)(H,64,72)/t41-,42?,43-/m0/s1. The third kappa shape index (κ3) is 23.2. The molecule has 4 aromatic rings. The van der Waals surface area contributed by atoms with E-state index in [4.69, 9.17) is 29.4 Å². The zero-order valence-corrected chi connectivity index (χ0v) is 50.4. The maximum Gasteiger partial charge on any atom is 0.416 e. The van der Waals surface area contributed by atoms with Crippen LogP contribution in [0.2, 0.25) is 0 Å². The van der Waals surface area contributed by atoms with Gasteiger partial charge in [-0.25, -0.2) is 18.2 Å². The van der Waals surface area contributed by atoms with Gasteiger partial charge in [0.25, 0.3) is 5.91 Å². The summed E-state index contributed by atoms with van der Waals surface area (Å²) >= 11 is 0. The Morgan fingerprint density at radius 2 is 1.36 bits per heavy atom. The number of carbonyl (C=O) groups is 8. The number of methoxy groups -OCH3 is 1. The van der Waals surface area contributed by atoms with Gasteiger partial charge < -0.3 is 50.7 Å². The fourth-order valence-corrected chi connectivity index (χ4v) is 9.85. The molecule has 0 bridgehead atoms. The highest BCUT2D eigenvalue weighted by molar-refractivity contribution is 7.89. The Morgan fingerprint density at radius 3 is 1.96 bits per heavy atom. The van der Waals surface area contributed by atoms with Crippen molar-refractivity contribution >= 4 is 74.4 Å². The van der Waals surface area contributed by atoms with Crippen LogP contribution in [0.15, 0.2) is 65.8 Å². The number of carbonyl (C=O) groups excluding carboxylic acids is 8. The number of pyridine rings is 1. The summed E-state index contributed by atoms with van der Waals surface area (Å²) in [6.07, 6.45) is 2.96. The summed E-state index contributed by atoms with van der Waals surface area (Å²) in [6, 6.07) is 9.30. The number of nitrogens with one attached hydrogen (secondary N) is 5. The molecule has 7 N–H and O–H groups in total. The molecule has 0 radical (unpaired) electrons. The summed E-state index contributed by atoms with van der Waals surface area (Å²) in [5.74, 6) is -3.58. The van der Waals surface area contributed by atoms with Crippen molar-refractivity contribution in [3.05, 3.63) is 77.6 Å². The molecule has 0 aliphatic rings. The lowest BCUT2D eigenvalue weighted by Gasteiger charge is -2.26. The quantitative estimate of drug-likeness (QED) is 0.0246. The van der Waals surface area contributed by atoms with Crippen molar-refractivity contribution in [1.29, 1.82) is 0 Å². The van der Waals surface area contributed by atoms with Crippen molar-refractivity contribution in [2.75, 3.05) is 44.8 Å². The third-order valence-electron chi connectivity index (χ3n) is 11.8. The molecule has 2 aromatic heterocycles. The number of hydrogen-bond donors (Lipinski definition) is 6.